The van der Waals surface area contributed by atoms with Gasteiger partial charge in [0.25, 0.3) is 0 Å². The van der Waals surface area contributed by atoms with Crippen LogP contribution in [-0.4, -0.2) is 0 Å². The van der Waals surface area contributed by atoms with Crippen LogP contribution in [0.2, 0.25) is 5.02 Å². The van der Waals surface area contributed by atoms with Gasteiger partial charge in [0.1, 0.15) is 0 Å². The molecule has 2 N–H and O–H groups in total. The van der Waals surface area contributed by atoms with E-state index in [1.807, 2.05) is 0 Å². The number of hydrogen-bond donors (Lipinski definition) is 1. The zero-order chi connectivity index (χ0) is 14.0. The van der Waals surface area contributed by atoms with Crippen LogP contribution in [0.3, 0.4) is 0 Å². The van der Waals surface area contributed by atoms with Gasteiger partial charge in [0, 0.05) is 5.02 Å². The Bertz CT molecular complexity index is 567. The van der Waals surface area contributed by atoms with E-state index in [1.54, 1.807) is 30.3 Å². The highest BCUT2D eigenvalue weighted by Gasteiger charge is 2.34. The lowest BCUT2D eigenvalue weighted by Gasteiger charge is -2.18. The Balaban J connectivity index is 0.00000200. The third-order valence-corrected chi connectivity index (χ3v) is 3.08. The van der Waals surface area contributed by atoms with E-state index in [9.17, 15) is 13.2 Å². The van der Waals surface area contributed by atoms with Gasteiger partial charge in [0.2, 0.25) is 0 Å². The van der Waals surface area contributed by atoms with Gasteiger partial charge in [-0.2, -0.15) is 13.2 Å². The number of rotatable bonds is 2. The molecule has 0 saturated carbocycles. The van der Waals surface area contributed by atoms with Crippen LogP contribution in [0.4, 0.5) is 13.2 Å². The first-order valence-electron chi connectivity index (χ1n) is 5.57. The third kappa shape index (κ3) is 3.66. The quantitative estimate of drug-likeness (QED) is 0.842. The van der Waals surface area contributed by atoms with Gasteiger partial charge in [0.05, 0.1) is 11.6 Å². The number of nitrogens with two attached hydrogens (primary N) is 1. The van der Waals surface area contributed by atoms with E-state index in [0.29, 0.717) is 10.6 Å². The third-order valence-electron chi connectivity index (χ3n) is 2.83. The van der Waals surface area contributed by atoms with Gasteiger partial charge in [-0.15, -0.1) is 12.4 Å². The molecule has 0 aliphatic heterocycles. The molecule has 1 atom stereocenters. The Labute approximate surface area is 126 Å². The van der Waals surface area contributed by atoms with Crippen molar-refractivity contribution in [2.24, 2.45) is 5.73 Å². The molecular weight excluding hydrogens is 310 g/mol. The minimum absolute atomic E-state index is 0. The molecule has 0 aromatic heterocycles. The van der Waals surface area contributed by atoms with E-state index >= 15 is 0 Å². The number of halogens is 5. The standard InChI is InChI=1S/C14H11ClF3N.ClH/c15-10-7-5-9(6-8-10)13(19)11-3-1-2-4-12(11)14(16,17)18;/h1-8,13H,19H2;1H. The molecule has 0 spiro atoms. The molecule has 0 radical (unpaired) electrons. The van der Waals surface area contributed by atoms with Crippen molar-refractivity contribution in [1.82, 2.24) is 0 Å². The molecule has 2 aromatic rings. The molecule has 0 amide bonds. The summed E-state index contributed by atoms with van der Waals surface area (Å²) in [5.41, 5.74) is 5.85. The molecule has 2 aromatic carbocycles. The van der Waals surface area contributed by atoms with Gasteiger partial charge >= 0.3 is 6.18 Å². The summed E-state index contributed by atoms with van der Waals surface area (Å²) in [6.07, 6.45) is -4.42. The van der Waals surface area contributed by atoms with E-state index in [0.717, 1.165) is 6.07 Å². The highest BCUT2D eigenvalue weighted by atomic mass is 35.5. The van der Waals surface area contributed by atoms with Gasteiger partial charge in [-0.05, 0) is 29.3 Å². The second kappa shape index (κ2) is 6.48. The molecule has 0 fully saturated rings. The monoisotopic (exact) mass is 321 g/mol. The maximum atomic E-state index is 12.9. The first-order valence-corrected chi connectivity index (χ1v) is 5.94. The Hall–Kier alpha value is -1.23. The van der Waals surface area contributed by atoms with Crippen LogP contribution in [0.1, 0.15) is 22.7 Å². The van der Waals surface area contributed by atoms with Crippen LogP contribution in [0.15, 0.2) is 48.5 Å². The second-order valence-corrected chi connectivity index (χ2v) is 4.55. The van der Waals surface area contributed by atoms with E-state index < -0.39 is 17.8 Å². The highest BCUT2D eigenvalue weighted by Crippen LogP contribution is 2.35. The van der Waals surface area contributed by atoms with E-state index in [2.05, 4.69) is 0 Å². The summed E-state index contributed by atoms with van der Waals surface area (Å²) in [6.45, 7) is 0. The Kier molecular flexibility index (Phi) is 5.45. The van der Waals surface area contributed by atoms with Crippen LogP contribution in [-0.2, 0) is 6.18 Å². The minimum atomic E-state index is -4.42. The summed E-state index contributed by atoms with van der Waals surface area (Å²) in [7, 11) is 0. The van der Waals surface area contributed by atoms with Gasteiger partial charge in [-0.1, -0.05) is 41.9 Å². The Morgan fingerprint density at radius 3 is 2.05 bits per heavy atom. The average molecular weight is 322 g/mol. The van der Waals surface area contributed by atoms with Crippen LogP contribution >= 0.6 is 24.0 Å². The zero-order valence-electron chi connectivity index (χ0n) is 10.2. The van der Waals surface area contributed by atoms with E-state index in [-0.39, 0.29) is 18.0 Å². The maximum absolute atomic E-state index is 12.9. The smallest absolute Gasteiger partial charge is 0.320 e. The van der Waals surface area contributed by atoms with Crippen molar-refractivity contribution in [2.75, 3.05) is 0 Å². The van der Waals surface area contributed by atoms with Crippen molar-refractivity contribution < 1.29 is 13.2 Å². The molecule has 0 bridgehead atoms. The van der Waals surface area contributed by atoms with Crippen molar-refractivity contribution in [3.63, 3.8) is 0 Å². The molecular formula is C14H12Cl2F3N. The molecule has 1 unspecified atom stereocenters. The molecule has 108 valence electrons. The fourth-order valence-electron chi connectivity index (χ4n) is 1.88. The molecule has 0 heterocycles. The number of alkyl halides is 3. The molecule has 6 heteroatoms. The molecule has 0 aliphatic carbocycles. The van der Waals surface area contributed by atoms with Gasteiger partial charge in [-0.3, -0.25) is 0 Å². The molecule has 0 saturated heterocycles. The van der Waals surface area contributed by atoms with Crippen LogP contribution in [0.5, 0.6) is 0 Å². The van der Waals surface area contributed by atoms with Crippen molar-refractivity contribution >= 4 is 24.0 Å². The summed E-state index contributed by atoms with van der Waals surface area (Å²) < 4.78 is 38.7. The summed E-state index contributed by atoms with van der Waals surface area (Å²) in [5, 5.41) is 0.514. The maximum Gasteiger partial charge on any atom is 0.416 e. The average Bonchev–Trinajstić information content (AvgIpc) is 2.38. The predicted molar refractivity (Wildman–Crippen MR) is 76.2 cm³/mol. The SMILES string of the molecule is Cl.NC(c1ccc(Cl)cc1)c1ccccc1C(F)(F)F. The Morgan fingerprint density at radius 1 is 0.950 bits per heavy atom. The second-order valence-electron chi connectivity index (χ2n) is 4.11. The normalized spacial score (nSPS) is 12.7. The molecule has 1 nitrogen and oxygen atoms in total. The first-order chi connectivity index (χ1) is 8.89. The fraction of sp³-hybridized carbons (Fsp3) is 0.143. The minimum Gasteiger partial charge on any atom is -0.320 e. The Morgan fingerprint density at radius 2 is 1.50 bits per heavy atom. The number of benzene rings is 2. The predicted octanol–water partition coefficient (Wildman–Crippen LogP) is 4.83. The lowest BCUT2D eigenvalue weighted by Crippen LogP contribution is -2.18. The zero-order valence-corrected chi connectivity index (χ0v) is 11.8. The van der Waals surface area contributed by atoms with E-state index in [4.69, 9.17) is 17.3 Å². The number of hydrogen-bond acceptors (Lipinski definition) is 1. The van der Waals surface area contributed by atoms with Crippen LogP contribution < -0.4 is 5.73 Å². The molecule has 0 aliphatic rings. The summed E-state index contributed by atoms with van der Waals surface area (Å²) >= 11 is 5.75. The van der Waals surface area contributed by atoms with Crippen LogP contribution in [0.25, 0.3) is 0 Å². The van der Waals surface area contributed by atoms with Gasteiger partial charge < -0.3 is 5.73 Å². The lowest BCUT2D eigenvalue weighted by molar-refractivity contribution is -0.138. The molecule has 2 rings (SSSR count). The van der Waals surface area contributed by atoms with Crippen molar-refractivity contribution in [3.05, 3.63) is 70.2 Å². The largest absolute Gasteiger partial charge is 0.416 e. The van der Waals surface area contributed by atoms with Crippen molar-refractivity contribution in [3.8, 4) is 0 Å². The van der Waals surface area contributed by atoms with Gasteiger partial charge in [0.15, 0.2) is 0 Å². The highest BCUT2D eigenvalue weighted by molar-refractivity contribution is 6.30. The van der Waals surface area contributed by atoms with Crippen molar-refractivity contribution in [2.45, 2.75) is 12.2 Å². The summed E-state index contributed by atoms with van der Waals surface area (Å²) in [5.74, 6) is 0. The van der Waals surface area contributed by atoms with Crippen molar-refractivity contribution in [1.29, 1.82) is 0 Å². The topological polar surface area (TPSA) is 26.0 Å². The lowest BCUT2D eigenvalue weighted by atomic mass is 9.95. The summed E-state index contributed by atoms with van der Waals surface area (Å²) in [6, 6.07) is 10.9. The van der Waals surface area contributed by atoms with Crippen LogP contribution in [0, 0.1) is 0 Å². The summed E-state index contributed by atoms with van der Waals surface area (Å²) in [4.78, 5) is 0. The van der Waals surface area contributed by atoms with Gasteiger partial charge in [-0.25, -0.2) is 0 Å². The molecule has 20 heavy (non-hydrogen) atoms. The first kappa shape index (κ1) is 16.8. The fourth-order valence-corrected chi connectivity index (χ4v) is 2.00. The van der Waals surface area contributed by atoms with E-state index in [1.165, 1.54) is 12.1 Å².